The minimum Gasteiger partial charge on any atom is -0.310 e. The zero-order valence-corrected chi connectivity index (χ0v) is 15.0. The summed E-state index contributed by atoms with van der Waals surface area (Å²) in [4.78, 5) is 17.9. The Morgan fingerprint density at radius 3 is 2.84 bits per heavy atom. The molecule has 0 atom stereocenters. The molecule has 0 fully saturated rings. The van der Waals surface area contributed by atoms with Crippen LogP contribution < -0.4 is 4.80 Å². The molecule has 2 aromatic carbocycles. The average molecular weight is 376 g/mol. The van der Waals surface area contributed by atoms with Crippen LogP contribution in [0.15, 0.2) is 58.9 Å². The second-order valence-electron chi connectivity index (χ2n) is 5.14. The van der Waals surface area contributed by atoms with Crippen LogP contribution >= 0.6 is 23.1 Å². The zero-order valence-electron chi connectivity index (χ0n) is 13.3. The van der Waals surface area contributed by atoms with Crippen molar-refractivity contribution in [2.45, 2.75) is 11.4 Å². The monoisotopic (exact) mass is 376 g/mol. The molecule has 1 amide bonds. The number of carbonyl (C=O) groups excluding carboxylic acids is 1. The highest BCUT2D eigenvalue weighted by atomic mass is 32.2. The Hall–Kier alpha value is -2.25. The van der Waals surface area contributed by atoms with E-state index in [1.807, 2.05) is 18.4 Å². The van der Waals surface area contributed by atoms with Gasteiger partial charge in [0.25, 0.3) is 5.91 Å². The van der Waals surface area contributed by atoms with Crippen LogP contribution in [0.2, 0.25) is 0 Å². The van der Waals surface area contributed by atoms with E-state index in [9.17, 15) is 13.6 Å². The quantitative estimate of drug-likeness (QED) is 0.491. The largest absolute Gasteiger partial charge is 0.310 e. The molecule has 0 saturated carbocycles. The van der Waals surface area contributed by atoms with E-state index >= 15 is 0 Å². The Labute approximate surface area is 151 Å². The molecule has 0 aliphatic heterocycles. The highest BCUT2D eigenvalue weighted by Gasteiger charge is 2.14. The molecule has 3 rings (SSSR count). The van der Waals surface area contributed by atoms with Crippen LogP contribution in [0.4, 0.5) is 8.78 Å². The van der Waals surface area contributed by atoms with Crippen molar-refractivity contribution in [1.29, 1.82) is 0 Å². The van der Waals surface area contributed by atoms with E-state index in [1.165, 1.54) is 22.4 Å². The number of carbonyl (C=O) groups is 1. The lowest BCUT2D eigenvalue weighted by Gasteiger charge is -2.04. The van der Waals surface area contributed by atoms with Gasteiger partial charge in [0.05, 0.1) is 15.8 Å². The molecular weight excluding hydrogens is 362 g/mol. The summed E-state index contributed by atoms with van der Waals surface area (Å²) in [6.07, 6.45) is 3.45. The Bertz CT molecular complexity index is 1040. The predicted molar refractivity (Wildman–Crippen MR) is 98.0 cm³/mol. The van der Waals surface area contributed by atoms with Gasteiger partial charge in [0.15, 0.2) is 10.6 Å². The zero-order chi connectivity index (χ0) is 18.0. The minimum atomic E-state index is -0.688. The topological polar surface area (TPSA) is 34.4 Å². The van der Waals surface area contributed by atoms with E-state index in [0.29, 0.717) is 15.1 Å². The fraction of sp³-hybridized carbons (Fsp3) is 0.111. The molecule has 0 unspecified atom stereocenters. The fourth-order valence-corrected chi connectivity index (χ4v) is 4.15. The first kappa shape index (κ1) is 17.6. The van der Waals surface area contributed by atoms with Gasteiger partial charge in [0, 0.05) is 17.5 Å². The van der Waals surface area contributed by atoms with Crippen molar-refractivity contribution in [2.24, 2.45) is 4.99 Å². The Morgan fingerprint density at radius 1 is 1.36 bits per heavy atom. The van der Waals surface area contributed by atoms with Gasteiger partial charge in [-0.05, 0) is 24.5 Å². The molecule has 3 aromatic rings. The van der Waals surface area contributed by atoms with Gasteiger partial charge >= 0.3 is 0 Å². The van der Waals surface area contributed by atoms with E-state index < -0.39 is 17.5 Å². The molecule has 7 heteroatoms. The standard InChI is InChI=1S/C18H14F2N2OS2/c1-3-8-22-16-13(20)9-11(19)10-15(16)25-18(22)21-17(23)12-6-4-5-7-14(12)24-2/h3-7,9-10H,1,8H2,2H3. The molecule has 0 aliphatic rings. The van der Waals surface area contributed by atoms with Crippen molar-refractivity contribution >= 4 is 39.2 Å². The van der Waals surface area contributed by atoms with Gasteiger partial charge < -0.3 is 4.57 Å². The molecule has 0 radical (unpaired) electrons. The molecule has 0 N–H and O–H groups in total. The second kappa shape index (κ2) is 7.33. The number of thiazole rings is 1. The lowest BCUT2D eigenvalue weighted by atomic mass is 10.2. The molecule has 128 valence electrons. The van der Waals surface area contributed by atoms with E-state index in [4.69, 9.17) is 0 Å². The smallest absolute Gasteiger partial charge is 0.280 e. The lowest BCUT2D eigenvalue weighted by Crippen LogP contribution is -2.17. The second-order valence-corrected chi connectivity index (χ2v) is 6.99. The highest BCUT2D eigenvalue weighted by Crippen LogP contribution is 2.23. The van der Waals surface area contributed by atoms with Gasteiger partial charge in [-0.15, -0.1) is 18.3 Å². The number of nitrogens with zero attached hydrogens (tertiary/aromatic N) is 2. The summed E-state index contributed by atoms with van der Waals surface area (Å²) in [5, 5.41) is 0. The summed E-state index contributed by atoms with van der Waals surface area (Å²) in [6.45, 7) is 3.92. The maximum atomic E-state index is 14.2. The molecule has 1 aromatic heterocycles. The van der Waals surface area contributed by atoms with Crippen molar-refractivity contribution < 1.29 is 13.6 Å². The van der Waals surface area contributed by atoms with Gasteiger partial charge in [-0.25, -0.2) is 8.78 Å². The van der Waals surface area contributed by atoms with Crippen LogP contribution in [-0.4, -0.2) is 16.7 Å². The maximum Gasteiger partial charge on any atom is 0.280 e. The van der Waals surface area contributed by atoms with E-state index in [2.05, 4.69) is 11.6 Å². The van der Waals surface area contributed by atoms with Crippen LogP contribution in [0.5, 0.6) is 0 Å². The number of amides is 1. The van der Waals surface area contributed by atoms with Crippen molar-refractivity contribution in [3.8, 4) is 0 Å². The Balaban J connectivity index is 2.22. The maximum absolute atomic E-state index is 14.2. The summed E-state index contributed by atoms with van der Waals surface area (Å²) in [7, 11) is 0. The van der Waals surface area contributed by atoms with E-state index in [1.54, 1.807) is 18.2 Å². The third kappa shape index (κ3) is 3.43. The Morgan fingerprint density at radius 2 is 2.12 bits per heavy atom. The van der Waals surface area contributed by atoms with Crippen LogP contribution in [0.1, 0.15) is 10.4 Å². The number of aromatic nitrogens is 1. The number of halogens is 2. The molecule has 0 aliphatic carbocycles. The number of thioether (sulfide) groups is 1. The third-order valence-corrected chi connectivity index (χ3v) is 5.36. The summed E-state index contributed by atoms with van der Waals surface area (Å²) >= 11 is 2.52. The van der Waals surface area contributed by atoms with Crippen LogP contribution in [0, 0.1) is 11.6 Å². The molecule has 0 spiro atoms. The van der Waals surface area contributed by atoms with Gasteiger partial charge in [-0.3, -0.25) is 4.79 Å². The molecule has 0 bridgehead atoms. The fourth-order valence-electron chi connectivity index (χ4n) is 2.48. The summed E-state index contributed by atoms with van der Waals surface area (Å²) in [6, 6.07) is 9.21. The highest BCUT2D eigenvalue weighted by molar-refractivity contribution is 7.98. The number of allylic oxidation sites excluding steroid dienone is 1. The SMILES string of the molecule is C=CCn1c(=NC(=O)c2ccccc2SC)sc2cc(F)cc(F)c21. The number of benzene rings is 2. The van der Waals surface area contributed by atoms with Crippen LogP contribution in [0.25, 0.3) is 10.2 Å². The van der Waals surface area contributed by atoms with E-state index in [0.717, 1.165) is 22.3 Å². The van der Waals surface area contributed by atoms with Crippen LogP contribution in [0.3, 0.4) is 0 Å². The lowest BCUT2D eigenvalue weighted by molar-refractivity contribution is 0.0995. The number of hydrogen-bond donors (Lipinski definition) is 0. The normalized spacial score (nSPS) is 11.9. The van der Waals surface area contributed by atoms with Crippen molar-refractivity contribution in [3.63, 3.8) is 0 Å². The summed E-state index contributed by atoms with van der Waals surface area (Å²) < 4.78 is 29.6. The summed E-state index contributed by atoms with van der Waals surface area (Å²) in [5.41, 5.74) is 0.695. The van der Waals surface area contributed by atoms with Gasteiger partial charge in [-0.1, -0.05) is 29.5 Å². The van der Waals surface area contributed by atoms with E-state index in [-0.39, 0.29) is 12.1 Å². The minimum absolute atomic E-state index is 0.219. The predicted octanol–water partition coefficient (Wildman–Crippen LogP) is 4.63. The first-order valence-corrected chi connectivity index (χ1v) is 9.40. The average Bonchev–Trinajstić information content (AvgIpc) is 2.92. The molecule has 25 heavy (non-hydrogen) atoms. The van der Waals surface area contributed by atoms with Gasteiger partial charge in [0.1, 0.15) is 5.82 Å². The number of hydrogen-bond acceptors (Lipinski definition) is 3. The third-order valence-electron chi connectivity index (χ3n) is 3.54. The summed E-state index contributed by atoms with van der Waals surface area (Å²) in [5.74, 6) is -1.77. The molecular formula is C18H14F2N2OS2. The van der Waals surface area contributed by atoms with Crippen LogP contribution in [-0.2, 0) is 6.54 Å². The molecule has 0 saturated heterocycles. The first-order chi connectivity index (χ1) is 12.0. The molecule has 3 nitrogen and oxygen atoms in total. The van der Waals surface area contributed by atoms with Crippen molar-refractivity contribution in [3.05, 3.63) is 71.1 Å². The molecule has 1 heterocycles. The number of fused-ring (bicyclic) bond motifs is 1. The van der Waals surface area contributed by atoms with Crippen molar-refractivity contribution in [2.75, 3.05) is 6.26 Å². The Kier molecular flexibility index (Phi) is 5.15. The van der Waals surface area contributed by atoms with Crippen molar-refractivity contribution in [1.82, 2.24) is 4.57 Å². The van der Waals surface area contributed by atoms with Gasteiger partial charge in [-0.2, -0.15) is 4.99 Å². The number of rotatable bonds is 4. The van der Waals surface area contributed by atoms with Gasteiger partial charge in [0.2, 0.25) is 0 Å². The first-order valence-electron chi connectivity index (χ1n) is 7.36.